The third kappa shape index (κ3) is 4.89. The number of halogens is 8. The Kier molecular flexibility index (Phi) is 6.85. The van der Waals surface area contributed by atoms with Gasteiger partial charge in [-0.1, -0.05) is 25.5 Å². The van der Waals surface area contributed by atoms with Gasteiger partial charge < -0.3 is 9.84 Å². The molecule has 0 amide bonds. The van der Waals surface area contributed by atoms with Crippen molar-refractivity contribution in [2.24, 2.45) is 0 Å². The van der Waals surface area contributed by atoms with Gasteiger partial charge in [0.1, 0.15) is 28.7 Å². The van der Waals surface area contributed by atoms with Crippen molar-refractivity contribution in [3.63, 3.8) is 0 Å². The summed E-state index contributed by atoms with van der Waals surface area (Å²) in [7, 11) is 0. The molecular weight excluding hydrogens is 460 g/mol. The number of unbranched alkanes of at least 4 members (excludes halogenated alkanes) is 1. The summed E-state index contributed by atoms with van der Waals surface area (Å²) in [5.74, 6) is -13.2. The highest BCUT2D eigenvalue weighted by Crippen LogP contribution is 2.43. The summed E-state index contributed by atoms with van der Waals surface area (Å²) in [5, 5.41) is 9.97. The fraction of sp³-hybridized carbons (Fsp3) is 0.217. The Morgan fingerprint density at radius 2 is 1.45 bits per heavy atom. The molecule has 0 atom stereocenters. The van der Waals surface area contributed by atoms with Crippen LogP contribution < -0.4 is 4.74 Å². The molecule has 0 aliphatic carbocycles. The van der Waals surface area contributed by atoms with Gasteiger partial charge in [-0.15, -0.1) is 0 Å². The van der Waals surface area contributed by atoms with Gasteiger partial charge in [0.2, 0.25) is 0 Å². The largest absolute Gasteiger partial charge is 0.507 e. The fourth-order valence-corrected chi connectivity index (χ4v) is 3.22. The van der Waals surface area contributed by atoms with E-state index in [2.05, 4.69) is 4.74 Å². The molecule has 3 aromatic carbocycles. The highest BCUT2D eigenvalue weighted by atomic mass is 19.3. The molecule has 0 unspecified atom stereocenters. The third-order valence-corrected chi connectivity index (χ3v) is 4.81. The van der Waals surface area contributed by atoms with E-state index in [4.69, 9.17) is 0 Å². The topological polar surface area (TPSA) is 29.5 Å². The molecular formula is C23H16F8O2. The highest BCUT2D eigenvalue weighted by molar-refractivity contribution is 5.73. The summed E-state index contributed by atoms with van der Waals surface area (Å²) < 4.78 is 117. The standard InChI is InChI=1S/C23H16F8O2/c1-2-3-4-11-5-6-13(14(24)7-11)19-18(32)10-15(25)20(22(19)29)23(30,31)33-12-8-16(26)21(28)17(27)9-12/h5-10,32H,2-4H2,1H3. The van der Waals surface area contributed by atoms with Crippen LogP contribution in [-0.2, 0) is 12.5 Å². The van der Waals surface area contributed by atoms with E-state index >= 15 is 4.39 Å². The van der Waals surface area contributed by atoms with Crippen molar-refractivity contribution < 1.29 is 45.0 Å². The molecule has 176 valence electrons. The van der Waals surface area contributed by atoms with Crippen molar-refractivity contribution >= 4 is 0 Å². The molecule has 0 spiro atoms. The number of benzene rings is 3. The number of alkyl halides is 2. The van der Waals surface area contributed by atoms with Gasteiger partial charge >= 0.3 is 6.11 Å². The molecule has 0 saturated carbocycles. The summed E-state index contributed by atoms with van der Waals surface area (Å²) in [4.78, 5) is 0. The number of aromatic hydroxyl groups is 1. The van der Waals surface area contributed by atoms with E-state index in [9.17, 15) is 35.8 Å². The van der Waals surface area contributed by atoms with E-state index < -0.39 is 69.2 Å². The van der Waals surface area contributed by atoms with Crippen molar-refractivity contribution in [2.75, 3.05) is 0 Å². The van der Waals surface area contributed by atoms with E-state index in [-0.39, 0.29) is 18.2 Å². The Bertz CT molecular complexity index is 1170. The van der Waals surface area contributed by atoms with Crippen LogP contribution in [0, 0.1) is 34.9 Å². The molecule has 33 heavy (non-hydrogen) atoms. The van der Waals surface area contributed by atoms with Crippen molar-refractivity contribution in [1.82, 2.24) is 0 Å². The molecule has 3 aromatic rings. The molecule has 0 fully saturated rings. The van der Waals surface area contributed by atoms with Gasteiger partial charge in [-0.3, -0.25) is 0 Å². The van der Waals surface area contributed by atoms with Gasteiger partial charge in [0.15, 0.2) is 23.3 Å². The Morgan fingerprint density at radius 1 is 0.818 bits per heavy atom. The molecule has 0 aliphatic rings. The minimum absolute atomic E-state index is 0.0537. The number of rotatable bonds is 7. The highest BCUT2D eigenvalue weighted by Gasteiger charge is 2.43. The first kappa shape index (κ1) is 24.3. The second-order valence-electron chi connectivity index (χ2n) is 7.18. The second-order valence-corrected chi connectivity index (χ2v) is 7.18. The van der Waals surface area contributed by atoms with Gasteiger partial charge in [-0.05, 0) is 24.5 Å². The summed E-state index contributed by atoms with van der Waals surface area (Å²) in [5.41, 5.74) is -3.20. The minimum atomic E-state index is -4.88. The molecule has 10 heteroatoms. The molecule has 0 bridgehead atoms. The van der Waals surface area contributed by atoms with Crippen LogP contribution in [0.1, 0.15) is 30.9 Å². The van der Waals surface area contributed by atoms with Crippen LogP contribution in [-0.4, -0.2) is 5.11 Å². The van der Waals surface area contributed by atoms with Gasteiger partial charge in [-0.2, -0.15) is 8.78 Å². The first-order valence-corrected chi connectivity index (χ1v) is 9.67. The molecule has 2 nitrogen and oxygen atoms in total. The van der Waals surface area contributed by atoms with Crippen molar-refractivity contribution in [1.29, 1.82) is 0 Å². The maximum atomic E-state index is 15.0. The third-order valence-electron chi connectivity index (χ3n) is 4.81. The zero-order valence-corrected chi connectivity index (χ0v) is 17.0. The average molecular weight is 476 g/mol. The smallest absolute Gasteiger partial charge is 0.432 e. The average Bonchev–Trinajstić information content (AvgIpc) is 2.70. The van der Waals surface area contributed by atoms with Crippen LogP contribution in [0.15, 0.2) is 36.4 Å². The predicted molar refractivity (Wildman–Crippen MR) is 103 cm³/mol. The maximum Gasteiger partial charge on any atom is 0.432 e. The molecule has 1 N–H and O–H groups in total. The van der Waals surface area contributed by atoms with Crippen LogP contribution in [0.3, 0.4) is 0 Å². The molecule has 0 heterocycles. The Balaban J connectivity index is 2.08. The number of hydrogen-bond donors (Lipinski definition) is 1. The van der Waals surface area contributed by atoms with Gasteiger partial charge in [0, 0.05) is 23.8 Å². The monoisotopic (exact) mass is 476 g/mol. The Labute approximate surface area is 183 Å². The van der Waals surface area contributed by atoms with E-state index in [1.165, 1.54) is 6.07 Å². The lowest BCUT2D eigenvalue weighted by Crippen LogP contribution is -2.26. The summed E-state index contributed by atoms with van der Waals surface area (Å²) in [6.07, 6.45) is -2.84. The van der Waals surface area contributed by atoms with Crippen LogP contribution in [0.4, 0.5) is 35.1 Å². The van der Waals surface area contributed by atoms with Gasteiger partial charge in [0.05, 0.1) is 5.56 Å². The molecule has 0 aliphatic heterocycles. The number of phenolic OH excluding ortho intramolecular Hbond substituents is 1. The number of ether oxygens (including phenoxy) is 1. The molecule has 3 rings (SSSR count). The zero-order valence-electron chi connectivity index (χ0n) is 17.0. The minimum Gasteiger partial charge on any atom is -0.507 e. The SMILES string of the molecule is CCCCc1ccc(-c2c(O)cc(F)c(C(F)(F)Oc3cc(F)c(F)c(F)c3)c2F)c(F)c1. The van der Waals surface area contributed by atoms with Crippen LogP contribution in [0.5, 0.6) is 11.5 Å². The van der Waals surface area contributed by atoms with E-state index in [0.717, 1.165) is 25.0 Å². The Hall–Kier alpha value is -3.30. The number of aryl methyl sites for hydroxylation is 1. The van der Waals surface area contributed by atoms with Crippen molar-refractivity contribution in [3.8, 4) is 22.6 Å². The first-order valence-electron chi connectivity index (χ1n) is 9.67. The lowest BCUT2D eigenvalue weighted by molar-refractivity contribution is -0.189. The van der Waals surface area contributed by atoms with Crippen LogP contribution >= 0.6 is 0 Å². The molecule has 0 aromatic heterocycles. The lowest BCUT2D eigenvalue weighted by atomic mass is 9.97. The van der Waals surface area contributed by atoms with Crippen LogP contribution in [0.25, 0.3) is 11.1 Å². The Morgan fingerprint density at radius 3 is 2.03 bits per heavy atom. The predicted octanol–water partition coefficient (Wildman–Crippen LogP) is 7.36. The van der Waals surface area contributed by atoms with Crippen molar-refractivity contribution in [3.05, 3.63) is 82.4 Å². The normalized spacial score (nSPS) is 11.7. The van der Waals surface area contributed by atoms with Crippen LogP contribution in [0.2, 0.25) is 0 Å². The zero-order chi connectivity index (χ0) is 24.5. The quantitative estimate of drug-likeness (QED) is 0.285. The summed E-state index contributed by atoms with van der Waals surface area (Å²) in [6.45, 7) is 1.91. The number of hydrogen-bond acceptors (Lipinski definition) is 2. The molecule has 0 radical (unpaired) electrons. The van der Waals surface area contributed by atoms with E-state index in [1.807, 2.05) is 6.92 Å². The van der Waals surface area contributed by atoms with E-state index in [0.29, 0.717) is 12.0 Å². The second kappa shape index (κ2) is 9.29. The van der Waals surface area contributed by atoms with Crippen molar-refractivity contribution in [2.45, 2.75) is 32.3 Å². The summed E-state index contributed by atoms with van der Waals surface area (Å²) >= 11 is 0. The lowest BCUT2D eigenvalue weighted by Gasteiger charge is -2.21. The van der Waals surface area contributed by atoms with Gasteiger partial charge in [-0.25, -0.2) is 26.3 Å². The molecule has 0 saturated heterocycles. The van der Waals surface area contributed by atoms with E-state index in [1.54, 1.807) is 0 Å². The van der Waals surface area contributed by atoms with Gasteiger partial charge in [0.25, 0.3) is 0 Å². The number of phenols is 1. The fourth-order valence-electron chi connectivity index (χ4n) is 3.22. The first-order chi connectivity index (χ1) is 15.5. The summed E-state index contributed by atoms with van der Waals surface area (Å²) in [6, 6.07) is 3.71. The maximum absolute atomic E-state index is 15.0.